The maximum Gasteiger partial charge on any atom is 0.408 e. The van der Waals surface area contributed by atoms with Gasteiger partial charge in [0.15, 0.2) is 0 Å². The van der Waals surface area contributed by atoms with Gasteiger partial charge in [-0.25, -0.2) is 4.79 Å². The molecule has 0 spiro atoms. The molecule has 1 aliphatic carbocycles. The summed E-state index contributed by atoms with van der Waals surface area (Å²) in [5.74, 6) is 0. The summed E-state index contributed by atoms with van der Waals surface area (Å²) in [6.07, 6.45) is 5.09. The van der Waals surface area contributed by atoms with Crippen molar-refractivity contribution in [1.29, 1.82) is 0 Å². The Labute approximate surface area is 110 Å². The van der Waals surface area contributed by atoms with Crippen LogP contribution in [0.5, 0.6) is 0 Å². The molecule has 18 heavy (non-hydrogen) atoms. The number of amides is 1. The second kappa shape index (κ2) is 5.91. The van der Waals surface area contributed by atoms with Crippen molar-refractivity contribution in [3.05, 3.63) is 0 Å². The highest BCUT2D eigenvalue weighted by molar-refractivity contribution is 5.68. The first-order valence-corrected chi connectivity index (χ1v) is 6.92. The number of aliphatic hydroxyl groups is 1. The Balaban J connectivity index is 2.63. The van der Waals surface area contributed by atoms with Gasteiger partial charge in [-0.15, -0.1) is 0 Å². The normalized spacial score (nSPS) is 21.2. The van der Waals surface area contributed by atoms with Crippen LogP contribution >= 0.6 is 0 Å². The second-order valence-corrected chi connectivity index (χ2v) is 6.52. The molecule has 0 bridgehead atoms. The van der Waals surface area contributed by atoms with Gasteiger partial charge in [0, 0.05) is 5.54 Å². The summed E-state index contributed by atoms with van der Waals surface area (Å²) in [5.41, 5.74) is -0.764. The van der Waals surface area contributed by atoms with E-state index in [1.807, 2.05) is 20.8 Å². The topological polar surface area (TPSA) is 58.6 Å². The molecule has 0 saturated heterocycles. The quantitative estimate of drug-likeness (QED) is 0.817. The summed E-state index contributed by atoms with van der Waals surface area (Å²) < 4.78 is 5.32. The number of carbonyl (C=O) groups is 1. The zero-order chi connectivity index (χ0) is 13.8. The summed E-state index contributed by atoms with van der Waals surface area (Å²) in [6.45, 7) is 7.34. The molecule has 1 rings (SSSR count). The molecule has 0 heterocycles. The number of rotatable bonds is 3. The molecular weight excluding hydrogens is 230 g/mol. The third kappa shape index (κ3) is 5.25. The van der Waals surface area contributed by atoms with Gasteiger partial charge in [-0.3, -0.25) is 0 Å². The monoisotopic (exact) mass is 257 g/mol. The Bertz CT molecular complexity index is 275. The first-order chi connectivity index (χ1) is 8.22. The minimum atomic E-state index is -0.481. The predicted octanol–water partition coefficient (Wildman–Crippen LogP) is 2.98. The lowest BCUT2D eigenvalue weighted by atomic mass is 9.78. The van der Waals surface area contributed by atoms with Gasteiger partial charge in [0.2, 0.25) is 0 Å². The average Bonchev–Trinajstić information content (AvgIpc) is 2.13. The molecule has 0 radical (unpaired) electrons. The molecule has 4 nitrogen and oxygen atoms in total. The first kappa shape index (κ1) is 15.3. The van der Waals surface area contributed by atoms with Crippen LogP contribution in [0, 0.1) is 0 Å². The molecule has 0 aromatic heterocycles. The zero-order valence-electron chi connectivity index (χ0n) is 12.1. The molecule has 0 aromatic rings. The Hall–Kier alpha value is -0.770. The van der Waals surface area contributed by atoms with Crippen molar-refractivity contribution in [3.63, 3.8) is 0 Å². The van der Waals surface area contributed by atoms with Crippen molar-refractivity contribution >= 4 is 6.09 Å². The van der Waals surface area contributed by atoms with E-state index in [0.29, 0.717) is 6.42 Å². The van der Waals surface area contributed by atoms with Gasteiger partial charge in [0.05, 0.1) is 6.10 Å². The minimum Gasteiger partial charge on any atom is -0.444 e. The summed E-state index contributed by atoms with van der Waals surface area (Å²) >= 11 is 0. The van der Waals surface area contributed by atoms with E-state index in [1.54, 1.807) is 6.92 Å². The molecule has 0 aliphatic heterocycles. The first-order valence-electron chi connectivity index (χ1n) is 6.92. The minimum absolute atomic E-state index is 0.283. The van der Waals surface area contributed by atoms with E-state index in [0.717, 1.165) is 25.7 Å². The number of hydrogen-bond donors (Lipinski definition) is 2. The van der Waals surface area contributed by atoms with Crippen molar-refractivity contribution in [2.24, 2.45) is 0 Å². The van der Waals surface area contributed by atoms with Crippen LogP contribution in [-0.2, 0) is 4.74 Å². The Kier molecular flexibility index (Phi) is 5.02. The number of nitrogens with one attached hydrogen (secondary N) is 1. The highest BCUT2D eigenvalue weighted by atomic mass is 16.6. The van der Waals surface area contributed by atoms with Crippen LogP contribution < -0.4 is 5.32 Å². The summed E-state index contributed by atoms with van der Waals surface area (Å²) in [7, 11) is 0. The van der Waals surface area contributed by atoms with Crippen LogP contribution in [0.4, 0.5) is 4.79 Å². The van der Waals surface area contributed by atoms with Crippen molar-refractivity contribution in [3.8, 4) is 0 Å². The molecule has 0 aromatic carbocycles. The van der Waals surface area contributed by atoms with Crippen LogP contribution in [0.15, 0.2) is 0 Å². The maximum atomic E-state index is 11.9. The summed E-state index contributed by atoms with van der Waals surface area (Å²) in [5, 5.41) is 12.6. The van der Waals surface area contributed by atoms with Gasteiger partial charge in [0.1, 0.15) is 5.60 Å². The highest BCUT2D eigenvalue weighted by Gasteiger charge is 2.35. The van der Waals surface area contributed by atoms with Crippen LogP contribution in [0.25, 0.3) is 0 Å². The third-order valence-electron chi connectivity index (χ3n) is 3.26. The van der Waals surface area contributed by atoms with E-state index in [4.69, 9.17) is 4.74 Å². The second-order valence-electron chi connectivity index (χ2n) is 6.52. The van der Waals surface area contributed by atoms with Gasteiger partial charge in [-0.2, -0.15) is 0 Å². The Morgan fingerprint density at radius 3 is 2.33 bits per heavy atom. The Morgan fingerprint density at radius 1 is 1.33 bits per heavy atom. The van der Waals surface area contributed by atoms with Crippen molar-refractivity contribution in [2.75, 3.05) is 0 Å². The highest BCUT2D eigenvalue weighted by Crippen LogP contribution is 2.32. The van der Waals surface area contributed by atoms with Gasteiger partial charge >= 0.3 is 6.09 Å². The molecule has 1 fully saturated rings. The number of alkyl carbamates (subject to hydrolysis) is 1. The van der Waals surface area contributed by atoms with Gasteiger partial charge in [-0.1, -0.05) is 19.3 Å². The number of carbonyl (C=O) groups excluding carboxylic acids is 1. The van der Waals surface area contributed by atoms with Gasteiger partial charge in [0.25, 0.3) is 0 Å². The molecule has 2 N–H and O–H groups in total. The molecule has 4 heteroatoms. The third-order valence-corrected chi connectivity index (χ3v) is 3.26. The lowest BCUT2D eigenvalue weighted by molar-refractivity contribution is 0.0359. The smallest absolute Gasteiger partial charge is 0.408 e. The molecular formula is C14H27NO3. The molecule has 106 valence electrons. The molecule has 1 saturated carbocycles. The van der Waals surface area contributed by atoms with Gasteiger partial charge in [-0.05, 0) is 47.0 Å². The number of hydrogen-bond acceptors (Lipinski definition) is 3. The number of ether oxygens (including phenoxy) is 1. The Morgan fingerprint density at radius 2 is 1.89 bits per heavy atom. The van der Waals surface area contributed by atoms with E-state index < -0.39 is 11.7 Å². The zero-order valence-corrected chi connectivity index (χ0v) is 12.1. The van der Waals surface area contributed by atoms with Crippen LogP contribution in [0.1, 0.15) is 66.2 Å². The summed E-state index contributed by atoms with van der Waals surface area (Å²) in [6, 6.07) is 0. The lowest BCUT2D eigenvalue weighted by Gasteiger charge is -2.39. The van der Waals surface area contributed by atoms with E-state index in [-0.39, 0.29) is 11.6 Å². The van der Waals surface area contributed by atoms with Crippen LogP contribution in [-0.4, -0.2) is 28.4 Å². The standard InChI is InChI=1S/C14H27NO3/c1-11(16)10-14(8-6-5-7-9-14)15-12(17)18-13(2,3)4/h11,16H,5-10H2,1-4H3,(H,15,17)/t11-/m0/s1. The van der Waals surface area contributed by atoms with Crippen molar-refractivity contribution < 1.29 is 14.6 Å². The van der Waals surface area contributed by atoms with E-state index in [9.17, 15) is 9.90 Å². The average molecular weight is 257 g/mol. The van der Waals surface area contributed by atoms with Crippen LogP contribution in [0.2, 0.25) is 0 Å². The SMILES string of the molecule is C[C@H](O)CC1(NC(=O)OC(C)(C)C)CCCCC1. The molecule has 1 atom stereocenters. The fourth-order valence-corrected chi connectivity index (χ4v) is 2.69. The van der Waals surface area contributed by atoms with Gasteiger partial charge < -0.3 is 15.2 Å². The molecule has 1 amide bonds. The number of aliphatic hydroxyl groups excluding tert-OH is 1. The maximum absolute atomic E-state index is 11.9. The van der Waals surface area contributed by atoms with Crippen molar-refractivity contribution in [2.45, 2.75) is 83.5 Å². The van der Waals surface area contributed by atoms with E-state index in [2.05, 4.69) is 5.32 Å². The lowest BCUT2D eigenvalue weighted by Crippen LogP contribution is -2.52. The van der Waals surface area contributed by atoms with E-state index >= 15 is 0 Å². The molecule has 0 unspecified atom stereocenters. The summed E-state index contributed by atoms with van der Waals surface area (Å²) in [4.78, 5) is 11.9. The fraction of sp³-hybridized carbons (Fsp3) is 0.929. The van der Waals surface area contributed by atoms with E-state index in [1.165, 1.54) is 6.42 Å². The van der Waals surface area contributed by atoms with Crippen molar-refractivity contribution in [1.82, 2.24) is 5.32 Å². The fourth-order valence-electron chi connectivity index (χ4n) is 2.69. The largest absolute Gasteiger partial charge is 0.444 e. The van der Waals surface area contributed by atoms with Crippen LogP contribution in [0.3, 0.4) is 0 Å². The predicted molar refractivity (Wildman–Crippen MR) is 71.5 cm³/mol. The molecule has 1 aliphatic rings.